The monoisotopic (exact) mass is 420 g/mol. The van der Waals surface area contributed by atoms with E-state index in [0.29, 0.717) is 43.9 Å². The number of carbonyl (C=O) groups excluding carboxylic acids is 1. The molecule has 0 radical (unpaired) electrons. The lowest BCUT2D eigenvalue weighted by atomic mass is 10.1. The predicted molar refractivity (Wildman–Crippen MR) is 105 cm³/mol. The van der Waals surface area contributed by atoms with Gasteiger partial charge in [-0.2, -0.15) is 14.7 Å². The van der Waals surface area contributed by atoms with Crippen LogP contribution in [-0.4, -0.2) is 71.8 Å². The van der Waals surface area contributed by atoms with Gasteiger partial charge in [0.2, 0.25) is 15.9 Å². The van der Waals surface area contributed by atoms with E-state index in [2.05, 4.69) is 21.5 Å². The summed E-state index contributed by atoms with van der Waals surface area (Å²) in [4.78, 5) is 16.6. The van der Waals surface area contributed by atoms with E-state index in [9.17, 15) is 13.2 Å². The van der Waals surface area contributed by atoms with Crippen molar-refractivity contribution >= 4 is 21.6 Å². The van der Waals surface area contributed by atoms with Crippen molar-refractivity contribution in [3.8, 4) is 6.07 Å². The van der Waals surface area contributed by atoms with Gasteiger partial charge < -0.3 is 10.1 Å². The van der Waals surface area contributed by atoms with Gasteiger partial charge in [-0.05, 0) is 25.8 Å². The molecule has 0 atom stereocenters. The third-order valence-corrected chi connectivity index (χ3v) is 6.85. The Labute approximate surface area is 169 Å². The number of nitrogens with one attached hydrogen (secondary N) is 1. The summed E-state index contributed by atoms with van der Waals surface area (Å²) in [7, 11) is -3.39. The molecular formula is C18H24N6O4S. The molecule has 1 N–H and O–H groups in total. The Morgan fingerprint density at radius 2 is 2.07 bits per heavy atom. The molecule has 0 unspecified atom stereocenters. The molecule has 29 heavy (non-hydrogen) atoms. The van der Waals surface area contributed by atoms with Gasteiger partial charge in [0.05, 0.1) is 25.2 Å². The van der Waals surface area contributed by atoms with Crippen LogP contribution < -0.4 is 5.32 Å². The lowest BCUT2D eigenvalue weighted by Crippen LogP contribution is -2.43. The van der Waals surface area contributed by atoms with Crippen LogP contribution in [0.2, 0.25) is 0 Å². The topological polar surface area (TPSA) is 130 Å². The van der Waals surface area contributed by atoms with E-state index in [0.717, 1.165) is 17.0 Å². The SMILES string of the molecule is Cc1nc2c(C#N)cnn2c(C)c1CCC(=O)NCCS(=O)(=O)N1CCOCC1. The van der Waals surface area contributed by atoms with Gasteiger partial charge in [0.25, 0.3) is 0 Å². The molecule has 0 spiro atoms. The molecule has 1 amide bonds. The van der Waals surface area contributed by atoms with Crippen LogP contribution >= 0.6 is 0 Å². The number of aromatic nitrogens is 3. The summed E-state index contributed by atoms with van der Waals surface area (Å²) in [5, 5.41) is 16.0. The fraction of sp³-hybridized carbons (Fsp3) is 0.556. The van der Waals surface area contributed by atoms with E-state index in [1.807, 2.05) is 13.8 Å². The molecule has 11 heteroatoms. The maximum atomic E-state index is 12.3. The number of morpholine rings is 1. The van der Waals surface area contributed by atoms with Crippen LogP contribution in [0.25, 0.3) is 5.65 Å². The molecule has 0 aromatic carbocycles. The van der Waals surface area contributed by atoms with Crippen molar-refractivity contribution < 1.29 is 17.9 Å². The van der Waals surface area contributed by atoms with Crippen LogP contribution in [0.5, 0.6) is 0 Å². The zero-order valence-electron chi connectivity index (χ0n) is 16.5. The lowest BCUT2D eigenvalue weighted by Gasteiger charge is -2.26. The van der Waals surface area contributed by atoms with Crippen molar-refractivity contribution in [2.75, 3.05) is 38.6 Å². The zero-order chi connectivity index (χ0) is 21.0. The van der Waals surface area contributed by atoms with Gasteiger partial charge >= 0.3 is 0 Å². The van der Waals surface area contributed by atoms with E-state index >= 15 is 0 Å². The number of hydrogen-bond donors (Lipinski definition) is 1. The molecule has 0 aliphatic carbocycles. The summed E-state index contributed by atoms with van der Waals surface area (Å²) < 4.78 is 32.7. The minimum Gasteiger partial charge on any atom is -0.379 e. The number of ether oxygens (including phenoxy) is 1. The van der Waals surface area contributed by atoms with E-state index < -0.39 is 10.0 Å². The number of fused-ring (bicyclic) bond motifs is 1. The highest BCUT2D eigenvalue weighted by atomic mass is 32.2. The van der Waals surface area contributed by atoms with Crippen molar-refractivity contribution in [3.05, 3.63) is 28.7 Å². The number of hydrogen-bond acceptors (Lipinski definition) is 7. The first-order valence-corrected chi connectivity index (χ1v) is 11.0. The average molecular weight is 420 g/mol. The van der Waals surface area contributed by atoms with Crippen LogP contribution in [0.15, 0.2) is 6.20 Å². The fourth-order valence-corrected chi connectivity index (χ4v) is 4.68. The molecule has 1 aliphatic rings. The quantitative estimate of drug-likeness (QED) is 0.663. The van der Waals surface area contributed by atoms with Gasteiger partial charge in [-0.3, -0.25) is 4.79 Å². The average Bonchev–Trinajstić information content (AvgIpc) is 3.11. The summed E-state index contributed by atoms with van der Waals surface area (Å²) in [6.45, 7) is 5.28. The summed E-state index contributed by atoms with van der Waals surface area (Å²) in [6, 6.07) is 2.06. The number of nitrogens with zero attached hydrogens (tertiary/aromatic N) is 5. The minimum absolute atomic E-state index is 0.0679. The summed E-state index contributed by atoms with van der Waals surface area (Å²) in [5.74, 6) is -0.353. The van der Waals surface area contributed by atoms with E-state index in [1.165, 1.54) is 10.5 Å². The van der Waals surface area contributed by atoms with Crippen LogP contribution in [0.1, 0.15) is 28.9 Å². The summed E-state index contributed by atoms with van der Waals surface area (Å²) >= 11 is 0. The number of amides is 1. The molecular weight excluding hydrogens is 396 g/mol. The van der Waals surface area contributed by atoms with Crippen molar-refractivity contribution in [3.63, 3.8) is 0 Å². The second-order valence-corrected chi connectivity index (χ2v) is 8.93. The predicted octanol–water partition coefficient (Wildman–Crippen LogP) is -0.0714. The van der Waals surface area contributed by atoms with Crippen LogP contribution in [0.3, 0.4) is 0 Å². The molecule has 3 rings (SSSR count). The Morgan fingerprint density at radius 1 is 1.34 bits per heavy atom. The maximum Gasteiger partial charge on any atom is 0.220 e. The number of rotatable bonds is 7. The molecule has 0 saturated carbocycles. The summed E-state index contributed by atoms with van der Waals surface area (Å²) in [5.41, 5.74) is 3.37. The molecule has 1 saturated heterocycles. The Hall–Kier alpha value is -2.55. The smallest absolute Gasteiger partial charge is 0.220 e. The fourth-order valence-electron chi connectivity index (χ4n) is 3.35. The Morgan fingerprint density at radius 3 is 2.76 bits per heavy atom. The number of carbonyl (C=O) groups is 1. The van der Waals surface area contributed by atoms with Crippen molar-refractivity contribution in [2.24, 2.45) is 0 Å². The van der Waals surface area contributed by atoms with Gasteiger partial charge in [0, 0.05) is 37.4 Å². The Bertz CT molecular complexity index is 1050. The largest absolute Gasteiger partial charge is 0.379 e. The Balaban J connectivity index is 1.55. The normalized spacial score (nSPS) is 15.3. The molecule has 2 aromatic heterocycles. The highest BCUT2D eigenvalue weighted by Gasteiger charge is 2.24. The third-order valence-electron chi connectivity index (χ3n) is 4.98. The second kappa shape index (κ2) is 8.86. The van der Waals surface area contributed by atoms with Crippen LogP contribution in [0.4, 0.5) is 0 Å². The van der Waals surface area contributed by atoms with Crippen molar-refractivity contribution in [1.29, 1.82) is 5.26 Å². The second-order valence-electron chi connectivity index (χ2n) is 6.84. The number of aryl methyl sites for hydroxylation is 2. The van der Waals surface area contributed by atoms with Crippen LogP contribution in [0, 0.1) is 25.2 Å². The minimum atomic E-state index is -3.39. The number of sulfonamides is 1. The van der Waals surface area contributed by atoms with E-state index in [1.54, 1.807) is 4.52 Å². The van der Waals surface area contributed by atoms with Gasteiger partial charge in [-0.15, -0.1) is 0 Å². The van der Waals surface area contributed by atoms with Gasteiger partial charge in [0.1, 0.15) is 11.6 Å². The van der Waals surface area contributed by atoms with Gasteiger partial charge in [-0.25, -0.2) is 17.9 Å². The zero-order valence-corrected chi connectivity index (χ0v) is 17.3. The van der Waals surface area contributed by atoms with Gasteiger partial charge in [0.15, 0.2) is 5.65 Å². The highest BCUT2D eigenvalue weighted by molar-refractivity contribution is 7.89. The molecule has 156 valence electrons. The molecule has 10 nitrogen and oxygen atoms in total. The van der Waals surface area contributed by atoms with E-state index in [-0.39, 0.29) is 24.6 Å². The van der Waals surface area contributed by atoms with Gasteiger partial charge in [-0.1, -0.05) is 0 Å². The first kappa shape index (κ1) is 21.2. The van der Waals surface area contributed by atoms with Crippen LogP contribution in [-0.2, 0) is 26.0 Å². The first-order chi connectivity index (χ1) is 13.8. The Kier molecular flexibility index (Phi) is 6.46. The molecule has 2 aromatic rings. The van der Waals surface area contributed by atoms with E-state index in [4.69, 9.17) is 10.00 Å². The molecule has 3 heterocycles. The maximum absolute atomic E-state index is 12.3. The highest BCUT2D eigenvalue weighted by Crippen LogP contribution is 2.18. The summed E-state index contributed by atoms with van der Waals surface area (Å²) in [6.07, 6.45) is 2.13. The van der Waals surface area contributed by atoms with Crippen molar-refractivity contribution in [1.82, 2.24) is 24.2 Å². The van der Waals surface area contributed by atoms with Crippen molar-refractivity contribution in [2.45, 2.75) is 26.7 Å². The molecule has 1 aliphatic heterocycles. The first-order valence-electron chi connectivity index (χ1n) is 9.39. The molecule has 0 bridgehead atoms. The third kappa shape index (κ3) is 4.72. The standard InChI is InChI=1S/C18H24N6O4S/c1-13-16(14(2)24-18(22-13)15(11-19)12-21-24)3-4-17(25)20-5-10-29(26,27)23-6-8-28-9-7-23/h12H,3-10H2,1-2H3,(H,20,25). The molecule has 1 fully saturated rings. The number of nitriles is 1. The lowest BCUT2D eigenvalue weighted by molar-refractivity contribution is -0.120.